The van der Waals surface area contributed by atoms with Crippen molar-refractivity contribution in [2.45, 2.75) is 45.1 Å². The summed E-state index contributed by atoms with van der Waals surface area (Å²) in [5, 5.41) is 18.4. The molecule has 0 radical (unpaired) electrons. The van der Waals surface area contributed by atoms with Crippen LogP contribution >= 0.6 is 0 Å². The van der Waals surface area contributed by atoms with Gasteiger partial charge in [-0.25, -0.2) is 13.6 Å². The number of primary sulfonamides is 1. The number of amides is 1. The molecule has 0 aliphatic carbocycles. The van der Waals surface area contributed by atoms with E-state index in [1.54, 1.807) is 26.8 Å². The molecule has 1 amide bonds. The van der Waals surface area contributed by atoms with Gasteiger partial charge in [0.15, 0.2) is 0 Å². The van der Waals surface area contributed by atoms with Crippen LogP contribution < -0.4 is 10.5 Å². The predicted octanol–water partition coefficient (Wildman–Crippen LogP) is 2.31. The number of nitrogens with two attached hydrogens (primary N) is 1. The zero-order valence-corrected chi connectivity index (χ0v) is 17.5. The van der Waals surface area contributed by atoms with Crippen molar-refractivity contribution in [1.82, 2.24) is 5.32 Å². The molecule has 0 aliphatic heterocycles. The molecule has 6 nitrogen and oxygen atoms in total. The second-order valence-corrected chi connectivity index (χ2v) is 9.18. The molecule has 0 aromatic heterocycles. The van der Waals surface area contributed by atoms with Gasteiger partial charge in [0.25, 0.3) is 5.91 Å². The monoisotopic (exact) mass is 404 g/mol. The molecule has 0 saturated carbocycles. The molecule has 2 atom stereocenters. The van der Waals surface area contributed by atoms with Crippen molar-refractivity contribution in [3.8, 4) is 0 Å². The molecule has 152 valence electrons. The highest BCUT2D eigenvalue weighted by atomic mass is 32.2. The number of hydrogen-bond acceptors (Lipinski definition) is 4. The Bertz CT molecular complexity index is 956. The number of aliphatic hydroxyl groups excluding tert-OH is 1. The van der Waals surface area contributed by atoms with Crippen molar-refractivity contribution >= 4 is 15.9 Å². The van der Waals surface area contributed by atoms with Crippen LogP contribution in [0.15, 0.2) is 47.4 Å². The summed E-state index contributed by atoms with van der Waals surface area (Å²) in [6.45, 7) is 7.22. The third-order valence-electron chi connectivity index (χ3n) is 5.19. The van der Waals surface area contributed by atoms with Gasteiger partial charge in [-0.15, -0.1) is 0 Å². The summed E-state index contributed by atoms with van der Waals surface area (Å²) in [5.74, 6) is -0.401. The number of rotatable bonds is 7. The van der Waals surface area contributed by atoms with E-state index in [-0.39, 0.29) is 17.0 Å². The molecule has 2 aromatic carbocycles. The van der Waals surface area contributed by atoms with E-state index >= 15 is 0 Å². The van der Waals surface area contributed by atoms with Gasteiger partial charge in [0.05, 0.1) is 11.0 Å². The summed E-state index contributed by atoms with van der Waals surface area (Å²) < 4.78 is 23.5. The Hall–Kier alpha value is -2.22. The van der Waals surface area contributed by atoms with Crippen LogP contribution in [0.3, 0.4) is 0 Å². The van der Waals surface area contributed by atoms with Gasteiger partial charge in [0, 0.05) is 17.5 Å². The lowest BCUT2D eigenvalue weighted by molar-refractivity contribution is 0.0500. The number of aliphatic hydroxyl groups is 1. The molecule has 2 unspecified atom stereocenters. The van der Waals surface area contributed by atoms with Gasteiger partial charge in [0.1, 0.15) is 0 Å². The number of sulfonamides is 1. The predicted molar refractivity (Wildman–Crippen MR) is 110 cm³/mol. The number of nitrogens with one attached hydrogen (secondary N) is 1. The fraction of sp³-hybridized carbons (Fsp3) is 0.381. The van der Waals surface area contributed by atoms with Gasteiger partial charge < -0.3 is 10.4 Å². The van der Waals surface area contributed by atoms with Crippen LogP contribution in [-0.2, 0) is 16.4 Å². The quantitative estimate of drug-likeness (QED) is 0.658. The highest BCUT2D eigenvalue weighted by molar-refractivity contribution is 7.89. The second kappa shape index (κ2) is 8.43. The number of aryl methyl sites for hydroxylation is 2. The molecule has 2 aromatic rings. The standard InChI is InChI=1S/C21H28N2O4S/c1-14-10-15(2)19(28(22,26)27)11-18(14)20(25)23-13-21(4,16(3)24)12-17-8-6-5-7-9-17/h5-11,16,24H,12-13H2,1-4H3,(H,23,25)(H2,22,26,27). The fourth-order valence-electron chi connectivity index (χ4n) is 3.18. The molecule has 0 spiro atoms. The maximum absolute atomic E-state index is 12.7. The Balaban J connectivity index is 2.24. The normalized spacial score (nSPS) is 14.9. The average molecular weight is 405 g/mol. The van der Waals surface area contributed by atoms with E-state index in [0.29, 0.717) is 17.5 Å². The average Bonchev–Trinajstić information content (AvgIpc) is 2.59. The minimum atomic E-state index is -3.92. The Labute approximate surface area is 166 Å². The van der Waals surface area contributed by atoms with Crippen LogP contribution in [0.2, 0.25) is 0 Å². The maximum atomic E-state index is 12.7. The van der Waals surface area contributed by atoms with Crippen LogP contribution in [0.5, 0.6) is 0 Å². The molecule has 28 heavy (non-hydrogen) atoms. The zero-order chi connectivity index (χ0) is 21.1. The molecule has 4 N–H and O–H groups in total. The highest BCUT2D eigenvalue weighted by Gasteiger charge is 2.31. The Morgan fingerprint density at radius 3 is 2.32 bits per heavy atom. The number of benzene rings is 2. The number of hydrogen-bond donors (Lipinski definition) is 3. The van der Waals surface area contributed by atoms with Crippen LogP contribution in [0.4, 0.5) is 0 Å². The third kappa shape index (κ3) is 5.19. The van der Waals surface area contributed by atoms with Gasteiger partial charge in [-0.2, -0.15) is 0 Å². The van der Waals surface area contributed by atoms with Crippen molar-refractivity contribution in [2.75, 3.05) is 6.54 Å². The Morgan fingerprint density at radius 1 is 1.18 bits per heavy atom. The molecular formula is C21H28N2O4S. The molecule has 0 saturated heterocycles. The molecule has 7 heteroatoms. The fourth-order valence-corrected chi connectivity index (χ4v) is 3.97. The largest absolute Gasteiger partial charge is 0.393 e. The van der Waals surface area contributed by atoms with E-state index in [0.717, 1.165) is 5.56 Å². The molecular weight excluding hydrogens is 376 g/mol. The smallest absolute Gasteiger partial charge is 0.251 e. The van der Waals surface area contributed by atoms with Crippen molar-refractivity contribution < 1.29 is 18.3 Å². The van der Waals surface area contributed by atoms with Gasteiger partial charge in [-0.1, -0.05) is 43.3 Å². The van der Waals surface area contributed by atoms with E-state index in [9.17, 15) is 18.3 Å². The minimum Gasteiger partial charge on any atom is -0.393 e. The summed E-state index contributed by atoms with van der Waals surface area (Å²) in [6, 6.07) is 12.7. The van der Waals surface area contributed by atoms with Crippen LogP contribution in [-0.4, -0.2) is 32.1 Å². The zero-order valence-electron chi connectivity index (χ0n) is 16.7. The van der Waals surface area contributed by atoms with Crippen molar-refractivity contribution in [3.63, 3.8) is 0 Å². The van der Waals surface area contributed by atoms with Crippen molar-refractivity contribution in [2.24, 2.45) is 10.6 Å². The lowest BCUT2D eigenvalue weighted by Crippen LogP contribution is -2.44. The molecule has 0 fully saturated rings. The summed E-state index contributed by atoms with van der Waals surface area (Å²) in [4.78, 5) is 12.7. The SMILES string of the molecule is Cc1cc(C)c(S(N)(=O)=O)cc1C(=O)NCC(C)(Cc1ccccc1)C(C)O. The molecule has 0 heterocycles. The number of carbonyl (C=O) groups is 1. The lowest BCUT2D eigenvalue weighted by Gasteiger charge is -2.33. The van der Waals surface area contributed by atoms with Gasteiger partial charge in [0.2, 0.25) is 10.0 Å². The first-order valence-electron chi connectivity index (χ1n) is 9.08. The topological polar surface area (TPSA) is 109 Å². The Kier molecular flexibility index (Phi) is 6.64. The maximum Gasteiger partial charge on any atom is 0.251 e. The van der Waals surface area contributed by atoms with Gasteiger partial charge in [-0.3, -0.25) is 4.79 Å². The first kappa shape index (κ1) is 22.1. The first-order chi connectivity index (χ1) is 12.9. The van der Waals surface area contributed by atoms with E-state index in [1.165, 1.54) is 6.07 Å². The highest BCUT2D eigenvalue weighted by Crippen LogP contribution is 2.27. The van der Waals surface area contributed by atoms with Crippen LogP contribution in [0, 0.1) is 19.3 Å². The van der Waals surface area contributed by atoms with Crippen molar-refractivity contribution in [1.29, 1.82) is 0 Å². The van der Waals surface area contributed by atoms with E-state index in [1.807, 2.05) is 37.3 Å². The summed E-state index contributed by atoms with van der Waals surface area (Å²) in [7, 11) is -3.92. The molecule has 2 rings (SSSR count). The van der Waals surface area contributed by atoms with Crippen molar-refractivity contribution in [3.05, 3.63) is 64.7 Å². The van der Waals surface area contributed by atoms with Gasteiger partial charge >= 0.3 is 0 Å². The summed E-state index contributed by atoms with van der Waals surface area (Å²) in [5.41, 5.74) is 1.88. The minimum absolute atomic E-state index is 0.0641. The first-order valence-corrected chi connectivity index (χ1v) is 10.6. The third-order valence-corrected chi connectivity index (χ3v) is 6.24. The van der Waals surface area contributed by atoms with Gasteiger partial charge in [-0.05, 0) is 49.9 Å². The van der Waals surface area contributed by atoms with E-state index < -0.39 is 27.4 Å². The van der Waals surface area contributed by atoms with Crippen LogP contribution in [0.1, 0.15) is 40.9 Å². The summed E-state index contributed by atoms with van der Waals surface area (Å²) >= 11 is 0. The second-order valence-electron chi connectivity index (χ2n) is 7.65. The number of carbonyl (C=O) groups excluding carboxylic acids is 1. The van der Waals surface area contributed by atoms with E-state index in [4.69, 9.17) is 5.14 Å². The van der Waals surface area contributed by atoms with Crippen LogP contribution in [0.25, 0.3) is 0 Å². The summed E-state index contributed by atoms with van der Waals surface area (Å²) in [6.07, 6.45) is -0.0757. The molecule has 0 aliphatic rings. The molecule has 0 bridgehead atoms. The van der Waals surface area contributed by atoms with E-state index in [2.05, 4.69) is 5.32 Å². The lowest BCUT2D eigenvalue weighted by atomic mass is 9.79. The Morgan fingerprint density at radius 2 is 1.79 bits per heavy atom.